The molecule has 138 valence electrons. The number of hydrogen-bond acceptors (Lipinski definition) is 4. The molecule has 0 unspecified atom stereocenters. The van der Waals surface area contributed by atoms with E-state index in [-0.39, 0.29) is 17.9 Å². The van der Waals surface area contributed by atoms with E-state index >= 15 is 0 Å². The van der Waals surface area contributed by atoms with Crippen LogP contribution in [0.4, 0.5) is 16.2 Å². The van der Waals surface area contributed by atoms with E-state index in [1.165, 1.54) is 36.4 Å². The van der Waals surface area contributed by atoms with E-state index < -0.39 is 22.0 Å². The number of sulfonamides is 1. The van der Waals surface area contributed by atoms with Crippen molar-refractivity contribution in [2.75, 3.05) is 16.6 Å². The Morgan fingerprint density at radius 1 is 0.962 bits per heavy atom. The predicted octanol–water partition coefficient (Wildman–Crippen LogP) is 2.39. The van der Waals surface area contributed by atoms with Crippen molar-refractivity contribution in [1.82, 2.24) is 5.32 Å². The molecule has 0 heterocycles. The van der Waals surface area contributed by atoms with Crippen LogP contribution in [-0.4, -0.2) is 32.1 Å². The van der Waals surface area contributed by atoms with Gasteiger partial charge in [0.05, 0.1) is 11.3 Å². The summed E-state index contributed by atoms with van der Waals surface area (Å²) in [6, 6.07) is 12.0. The van der Waals surface area contributed by atoms with E-state index in [0.717, 1.165) is 5.56 Å². The van der Waals surface area contributed by atoms with Gasteiger partial charge in [0.15, 0.2) is 0 Å². The Hall–Kier alpha value is -3.07. The molecule has 0 radical (unpaired) electrons. The minimum atomic E-state index is -3.69. The van der Waals surface area contributed by atoms with Crippen LogP contribution in [0.2, 0.25) is 0 Å². The molecule has 0 spiro atoms. The summed E-state index contributed by atoms with van der Waals surface area (Å²) >= 11 is 0. The standard InChI is InChI=1S/C17H19N3O5S/c1-12-2-8-15(9-3-12)26(24,25)20-14-6-4-13(5-7-14)19-17(23)18-11-10-16(21)22/h2-9,20H,10-11H2,1H3,(H,21,22)(H2,18,19,23). The molecule has 2 rings (SSSR count). The maximum atomic E-state index is 12.3. The number of nitrogens with one attached hydrogen (secondary N) is 3. The maximum absolute atomic E-state index is 12.3. The van der Waals surface area contributed by atoms with Gasteiger partial charge in [-0.25, -0.2) is 13.2 Å². The van der Waals surface area contributed by atoms with E-state index in [1.54, 1.807) is 12.1 Å². The first-order valence-corrected chi connectivity index (χ1v) is 9.21. The second-order valence-corrected chi connectivity index (χ2v) is 7.20. The summed E-state index contributed by atoms with van der Waals surface area (Å²) < 4.78 is 27.1. The lowest BCUT2D eigenvalue weighted by Gasteiger charge is -2.10. The molecule has 0 aliphatic heterocycles. The second kappa shape index (κ2) is 8.34. The fraction of sp³-hybridized carbons (Fsp3) is 0.176. The zero-order chi connectivity index (χ0) is 19.2. The molecule has 8 nitrogen and oxygen atoms in total. The quantitative estimate of drug-likeness (QED) is 0.590. The van der Waals surface area contributed by atoms with E-state index in [1.807, 2.05) is 6.92 Å². The van der Waals surface area contributed by atoms with Gasteiger partial charge in [0, 0.05) is 17.9 Å². The zero-order valence-electron chi connectivity index (χ0n) is 14.0. The van der Waals surface area contributed by atoms with Gasteiger partial charge in [0.25, 0.3) is 10.0 Å². The van der Waals surface area contributed by atoms with Crippen molar-refractivity contribution in [3.8, 4) is 0 Å². The molecule has 2 aromatic carbocycles. The number of rotatable bonds is 7. The summed E-state index contributed by atoms with van der Waals surface area (Å²) in [5.41, 5.74) is 1.75. The highest BCUT2D eigenvalue weighted by Gasteiger charge is 2.13. The van der Waals surface area contributed by atoms with Crippen LogP contribution < -0.4 is 15.4 Å². The first kappa shape index (κ1) is 19.3. The highest BCUT2D eigenvalue weighted by Crippen LogP contribution is 2.18. The number of carbonyl (C=O) groups is 2. The Morgan fingerprint density at radius 3 is 2.12 bits per heavy atom. The lowest BCUT2D eigenvalue weighted by molar-refractivity contribution is -0.136. The van der Waals surface area contributed by atoms with Gasteiger partial charge in [0.1, 0.15) is 0 Å². The third-order valence-corrected chi connectivity index (χ3v) is 4.75. The van der Waals surface area contributed by atoms with Crippen molar-refractivity contribution in [3.05, 3.63) is 54.1 Å². The van der Waals surface area contributed by atoms with Crippen molar-refractivity contribution in [1.29, 1.82) is 0 Å². The summed E-state index contributed by atoms with van der Waals surface area (Å²) in [7, 11) is -3.69. The SMILES string of the molecule is Cc1ccc(S(=O)(=O)Nc2ccc(NC(=O)NCCC(=O)O)cc2)cc1. The molecule has 9 heteroatoms. The highest BCUT2D eigenvalue weighted by molar-refractivity contribution is 7.92. The van der Waals surface area contributed by atoms with Gasteiger partial charge in [-0.15, -0.1) is 0 Å². The number of hydrogen-bond donors (Lipinski definition) is 4. The summed E-state index contributed by atoms with van der Waals surface area (Å²) in [6.45, 7) is 1.88. The van der Waals surface area contributed by atoms with Crippen LogP contribution in [0.5, 0.6) is 0 Å². The molecule has 26 heavy (non-hydrogen) atoms. The van der Waals surface area contributed by atoms with Gasteiger partial charge in [-0.1, -0.05) is 17.7 Å². The van der Waals surface area contributed by atoms with Crippen LogP contribution in [-0.2, 0) is 14.8 Å². The molecule has 0 bridgehead atoms. The van der Waals surface area contributed by atoms with Crippen LogP contribution in [0, 0.1) is 6.92 Å². The molecular weight excluding hydrogens is 358 g/mol. The van der Waals surface area contributed by atoms with Crippen LogP contribution in [0.25, 0.3) is 0 Å². The fourth-order valence-corrected chi connectivity index (χ4v) is 3.07. The van der Waals surface area contributed by atoms with Crippen molar-refractivity contribution >= 4 is 33.4 Å². The van der Waals surface area contributed by atoms with Gasteiger partial charge < -0.3 is 15.7 Å². The summed E-state index contributed by atoms with van der Waals surface area (Å²) in [5.74, 6) is -1.00. The number of benzene rings is 2. The largest absolute Gasteiger partial charge is 0.481 e. The van der Waals surface area contributed by atoms with E-state index in [9.17, 15) is 18.0 Å². The van der Waals surface area contributed by atoms with Gasteiger partial charge in [0.2, 0.25) is 0 Å². The van der Waals surface area contributed by atoms with Crippen molar-refractivity contribution < 1.29 is 23.1 Å². The average Bonchev–Trinajstić information content (AvgIpc) is 2.56. The third kappa shape index (κ3) is 5.78. The summed E-state index contributed by atoms with van der Waals surface area (Å²) in [4.78, 5) is 22.1. The Morgan fingerprint density at radius 2 is 1.54 bits per heavy atom. The summed E-state index contributed by atoms with van der Waals surface area (Å²) in [5, 5.41) is 13.4. The molecule has 2 aromatic rings. The van der Waals surface area contributed by atoms with Crippen LogP contribution in [0.15, 0.2) is 53.4 Å². The molecule has 0 aromatic heterocycles. The van der Waals surface area contributed by atoms with Crippen LogP contribution in [0.1, 0.15) is 12.0 Å². The Bertz CT molecular complexity index is 878. The Balaban J connectivity index is 1.95. The number of carboxylic acid groups (broad SMARTS) is 1. The number of carbonyl (C=O) groups excluding carboxylic acids is 1. The molecule has 4 N–H and O–H groups in total. The monoisotopic (exact) mass is 377 g/mol. The van der Waals surface area contributed by atoms with Gasteiger partial charge in [-0.05, 0) is 43.3 Å². The fourth-order valence-electron chi connectivity index (χ4n) is 2.01. The zero-order valence-corrected chi connectivity index (χ0v) is 14.8. The van der Waals surface area contributed by atoms with E-state index in [2.05, 4.69) is 15.4 Å². The normalized spacial score (nSPS) is 10.8. The Labute approximate surface area is 151 Å². The van der Waals surface area contributed by atoms with E-state index in [4.69, 9.17) is 5.11 Å². The maximum Gasteiger partial charge on any atom is 0.319 e. The first-order chi connectivity index (χ1) is 12.3. The number of aryl methyl sites for hydroxylation is 1. The number of amides is 2. The molecule has 0 saturated carbocycles. The molecule has 0 atom stereocenters. The number of anilines is 2. The summed E-state index contributed by atoms with van der Waals surface area (Å²) in [6.07, 6.45) is -0.173. The molecule has 0 aliphatic carbocycles. The predicted molar refractivity (Wildman–Crippen MR) is 97.7 cm³/mol. The minimum Gasteiger partial charge on any atom is -0.481 e. The van der Waals surface area contributed by atoms with Crippen molar-refractivity contribution in [3.63, 3.8) is 0 Å². The molecule has 0 saturated heterocycles. The van der Waals surface area contributed by atoms with Crippen LogP contribution >= 0.6 is 0 Å². The van der Waals surface area contributed by atoms with Gasteiger partial charge in [-0.2, -0.15) is 0 Å². The smallest absolute Gasteiger partial charge is 0.319 e. The van der Waals surface area contributed by atoms with Crippen molar-refractivity contribution in [2.24, 2.45) is 0 Å². The highest BCUT2D eigenvalue weighted by atomic mass is 32.2. The lowest BCUT2D eigenvalue weighted by Crippen LogP contribution is -2.30. The molecule has 0 aliphatic rings. The van der Waals surface area contributed by atoms with E-state index in [0.29, 0.717) is 11.4 Å². The van der Waals surface area contributed by atoms with Gasteiger partial charge in [-0.3, -0.25) is 9.52 Å². The molecule has 2 amide bonds. The van der Waals surface area contributed by atoms with Crippen molar-refractivity contribution in [2.45, 2.75) is 18.2 Å². The third-order valence-electron chi connectivity index (χ3n) is 3.35. The second-order valence-electron chi connectivity index (χ2n) is 5.52. The molecule has 0 fully saturated rings. The average molecular weight is 377 g/mol. The first-order valence-electron chi connectivity index (χ1n) is 7.72. The topological polar surface area (TPSA) is 125 Å². The minimum absolute atomic E-state index is 0.00952. The van der Waals surface area contributed by atoms with Gasteiger partial charge >= 0.3 is 12.0 Å². The molecular formula is C17H19N3O5S. The number of aliphatic carboxylic acids is 1. The van der Waals surface area contributed by atoms with Crippen LogP contribution in [0.3, 0.4) is 0 Å². The lowest BCUT2D eigenvalue weighted by atomic mass is 10.2. The number of carboxylic acids is 1. The number of urea groups is 1. The Kier molecular flexibility index (Phi) is 6.18.